The highest BCUT2D eigenvalue weighted by molar-refractivity contribution is 5.86. The molecule has 2 rings (SSSR count). The number of amides is 2. The SMILES string of the molecule is COc1ccc(C(NC(=O)CNC(=O)CN)C2CC2)cc1.Cl. The molecule has 22 heavy (non-hydrogen) atoms. The van der Waals surface area contributed by atoms with E-state index in [2.05, 4.69) is 10.6 Å². The highest BCUT2D eigenvalue weighted by atomic mass is 35.5. The fourth-order valence-electron chi connectivity index (χ4n) is 2.19. The van der Waals surface area contributed by atoms with Crippen molar-refractivity contribution >= 4 is 24.2 Å². The lowest BCUT2D eigenvalue weighted by molar-refractivity contribution is -0.125. The van der Waals surface area contributed by atoms with Gasteiger partial charge in [0.25, 0.3) is 0 Å². The minimum absolute atomic E-state index is 0. The smallest absolute Gasteiger partial charge is 0.239 e. The van der Waals surface area contributed by atoms with Crippen LogP contribution in [0.1, 0.15) is 24.4 Å². The van der Waals surface area contributed by atoms with Gasteiger partial charge < -0.3 is 21.1 Å². The Labute approximate surface area is 136 Å². The summed E-state index contributed by atoms with van der Waals surface area (Å²) in [4.78, 5) is 23.0. The van der Waals surface area contributed by atoms with Gasteiger partial charge in [-0.1, -0.05) is 12.1 Å². The first-order valence-corrected chi connectivity index (χ1v) is 7.04. The molecule has 122 valence electrons. The Morgan fingerprint density at radius 2 is 1.91 bits per heavy atom. The van der Waals surface area contributed by atoms with Crippen LogP contribution in [0.15, 0.2) is 24.3 Å². The number of benzene rings is 1. The molecular formula is C15H22ClN3O3. The fourth-order valence-corrected chi connectivity index (χ4v) is 2.19. The van der Waals surface area contributed by atoms with Gasteiger partial charge in [0.1, 0.15) is 5.75 Å². The molecule has 0 radical (unpaired) electrons. The molecule has 1 aromatic carbocycles. The molecule has 0 aromatic heterocycles. The molecule has 0 bridgehead atoms. The number of methoxy groups -OCH3 is 1. The van der Waals surface area contributed by atoms with Crippen molar-refractivity contribution in [2.45, 2.75) is 18.9 Å². The Morgan fingerprint density at radius 3 is 2.41 bits per heavy atom. The van der Waals surface area contributed by atoms with Crippen LogP contribution in [0.4, 0.5) is 0 Å². The summed E-state index contributed by atoms with van der Waals surface area (Å²) >= 11 is 0. The summed E-state index contributed by atoms with van der Waals surface area (Å²) in [5, 5.41) is 5.45. The molecule has 0 saturated heterocycles. The van der Waals surface area contributed by atoms with E-state index in [4.69, 9.17) is 10.5 Å². The lowest BCUT2D eigenvalue weighted by atomic mass is 10.0. The minimum Gasteiger partial charge on any atom is -0.497 e. The van der Waals surface area contributed by atoms with Crippen LogP contribution in [0.3, 0.4) is 0 Å². The minimum atomic E-state index is -0.336. The summed E-state index contributed by atoms with van der Waals surface area (Å²) in [7, 11) is 1.62. The van der Waals surface area contributed by atoms with Crippen LogP contribution in [0.5, 0.6) is 5.75 Å². The summed E-state index contributed by atoms with van der Waals surface area (Å²) < 4.78 is 5.14. The number of carbonyl (C=O) groups is 2. The van der Waals surface area contributed by atoms with Gasteiger partial charge in [-0.05, 0) is 36.5 Å². The summed E-state index contributed by atoms with van der Waals surface area (Å²) in [6, 6.07) is 7.67. The van der Waals surface area contributed by atoms with Crippen molar-refractivity contribution in [1.82, 2.24) is 10.6 Å². The van der Waals surface area contributed by atoms with Gasteiger partial charge >= 0.3 is 0 Å². The molecule has 6 nitrogen and oxygen atoms in total. The second-order valence-electron chi connectivity index (χ2n) is 5.14. The van der Waals surface area contributed by atoms with Crippen molar-refractivity contribution in [3.8, 4) is 5.75 Å². The number of ether oxygens (including phenoxy) is 1. The van der Waals surface area contributed by atoms with E-state index in [-0.39, 0.29) is 43.4 Å². The van der Waals surface area contributed by atoms with E-state index >= 15 is 0 Å². The molecule has 1 saturated carbocycles. The standard InChI is InChI=1S/C15H21N3O3.ClH/c1-21-12-6-4-11(5-7-12)15(10-2-3-10)18-14(20)9-17-13(19)8-16;/h4-7,10,15H,2-3,8-9,16H2,1H3,(H,17,19)(H,18,20);1H. The zero-order valence-corrected chi connectivity index (χ0v) is 13.3. The Bertz CT molecular complexity index is 503. The van der Waals surface area contributed by atoms with Crippen molar-refractivity contribution in [3.63, 3.8) is 0 Å². The maximum absolute atomic E-state index is 11.9. The molecule has 1 aliphatic rings. The van der Waals surface area contributed by atoms with Crippen molar-refractivity contribution in [2.24, 2.45) is 11.7 Å². The van der Waals surface area contributed by atoms with Crippen LogP contribution in [0, 0.1) is 5.92 Å². The van der Waals surface area contributed by atoms with Gasteiger partial charge in [0.15, 0.2) is 0 Å². The predicted octanol–water partition coefficient (Wildman–Crippen LogP) is 0.759. The highest BCUT2D eigenvalue weighted by Crippen LogP contribution is 2.41. The summed E-state index contributed by atoms with van der Waals surface area (Å²) in [6.45, 7) is -0.160. The van der Waals surface area contributed by atoms with Crippen LogP contribution in [0.25, 0.3) is 0 Å². The van der Waals surface area contributed by atoms with Gasteiger partial charge in [0.2, 0.25) is 11.8 Å². The first kappa shape index (κ1) is 18.3. The van der Waals surface area contributed by atoms with Crippen molar-refractivity contribution < 1.29 is 14.3 Å². The topological polar surface area (TPSA) is 93.5 Å². The maximum atomic E-state index is 11.9. The molecule has 7 heteroatoms. The van der Waals surface area contributed by atoms with E-state index in [0.29, 0.717) is 5.92 Å². The van der Waals surface area contributed by atoms with Crippen molar-refractivity contribution in [1.29, 1.82) is 0 Å². The average molecular weight is 328 g/mol. The van der Waals surface area contributed by atoms with Crippen LogP contribution in [-0.2, 0) is 9.59 Å². The van der Waals surface area contributed by atoms with Gasteiger partial charge in [-0.2, -0.15) is 0 Å². The number of halogens is 1. The van der Waals surface area contributed by atoms with Gasteiger partial charge in [-0.3, -0.25) is 9.59 Å². The average Bonchev–Trinajstić information content (AvgIpc) is 3.35. The quantitative estimate of drug-likeness (QED) is 0.689. The Balaban J connectivity index is 0.00000242. The number of rotatable bonds is 7. The van der Waals surface area contributed by atoms with E-state index in [0.717, 1.165) is 24.2 Å². The normalized spacial score (nSPS) is 14.5. The second kappa shape index (κ2) is 8.60. The molecule has 2 amide bonds. The number of nitrogens with one attached hydrogen (secondary N) is 2. The van der Waals surface area contributed by atoms with E-state index in [1.54, 1.807) is 7.11 Å². The maximum Gasteiger partial charge on any atom is 0.239 e. The highest BCUT2D eigenvalue weighted by Gasteiger charge is 2.33. The Kier molecular flexibility index (Phi) is 7.14. The molecule has 1 fully saturated rings. The number of hydrogen-bond donors (Lipinski definition) is 3. The third-order valence-corrected chi connectivity index (χ3v) is 3.52. The molecule has 0 heterocycles. The molecule has 0 aliphatic heterocycles. The van der Waals surface area contributed by atoms with Crippen molar-refractivity contribution in [2.75, 3.05) is 20.2 Å². The third kappa shape index (κ3) is 5.20. The van der Waals surface area contributed by atoms with E-state index < -0.39 is 0 Å². The number of nitrogens with two attached hydrogens (primary N) is 1. The van der Waals surface area contributed by atoms with E-state index in [1.807, 2.05) is 24.3 Å². The third-order valence-electron chi connectivity index (χ3n) is 3.52. The van der Waals surface area contributed by atoms with Gasteiger partial charge in [-0.25, -0.2) is 0 Å². The van der Waals surface area contributed by atoms with Crippen LogP contribution >= 0.6 is 12.4 Å². The molecule has 1 aliphatic carbocycles. The zero-order chi connectivity index (χ0) is 15.2. The lowest BCUT2D eigenvalue weighted by Gasteiger charge is -2.19. The van der Waals surface area contributed by atoms with Crippen molar-refractivity contribution in [3.05, 3.63) is 29.8 Å². The first-order chi connectivity index (χ1) is 10.1. The number of hydrogen-bond acceptors (Lipinski definition) is 4. The first-order valence-electron chi connectivity index (χ1n) is 7.04. The molecular weight excluding hydrogens is 306 g/mol. The zero-order valence-electron chi connectivity index (χ0n) is 12.5. The van der Waals surface area contributed by atoms with E-state index in [9.17, 15) is 9.59 Å². The molecule has 1 aromatic rings. The molecule has 0 spiro atoms. The monoisotopic (exact) mass is 327 g/mol. The van der Waals surface area contributed by atoms with Gasteiger partial charge in [-0.15, -0.1) is 12.4 Å². The molecule has 1 atom stereocenters. The largest absolute Gasteiger partial charge is 0.497 e. The van der Waals surface area contributed by atoms with Crippen LogP contribution in [-0.4, -0.2) is 32.0 Å². The number of carbonyl (C=O) groups excluding carboxylic acids is 2. The molecule has 4 N–H and O–H groups in total. The fraction of sp³-hybridized carbons (Fsp3) is 0.467. The van der Waals surface area contributed by atoms with Gasteiger partial charge in [0, 0.05) is 0 Å². The molecule has 1 unspecified atom stereocenters. The summed E-state index contributed by atoms with van der Waals surface area (Å²) in [5.74, 6) is 0.712. The Hall–Kier alpha value is -1.79. The summed E-state index contributed by atoms with van der Waals surface area (Å²) in [6.07, 6.45) is 2.21. The predicted molar refractivity (Wildman–Crippen MR) is 85.9 cm³/mol. The van der Waals surface area contributed by atoms with Crippen LogP contribution < -0.4 is 21.1 Å². The van der Waals surface area contributed by atoms with Crippen LogP contribution in [0.2, 0.25) is 0 Å². The van der Waals surface area contributed by atoms with Gasteiger partial charge in [0.05, 0.1) is 26.2 Å². The van der Waals surface area contributed by atoms with E-state index in [1.165, 1.54) is 0 Å². The second-order valence-corrected chi connectivity index (χ2v) is 5.14. The Morgan fingerprint density at radius 1 is 1.27 bits per heavy atom. The summed E-state index contributed by atoms with van der Waals surface area (Å²) in [5.41, 5.74) is 6.23. The lowest BCUT2D eigenvalue weighted by Crippen LogP contribution is -2.41.